The van der Waals surface area contributed by atoms with Crippen molar-refractivity contribution in [1.82, 2.24) is 14.5 Å². The monoisotopic (exact) mass is 368 g/mol. The molecule has 134 valence electrons. The number of piperazine rings is 1. The van der Waals surface area contributed by atoms with Crippen LogP contribution in [-0.2, 0) is 0 Å². The Morgan fingerprint density at radius 3 is 2.42 bits per heavy atom. The first-order valence-corrected chi connectivity index (χ1v) is 9.40. The summed E-state index contributed by atoms with van der Waals surface area (Å²) in [5.74, 6) is 0.860. The van der Waals surface area contributed by atoms with E-state index in [4.69, 9.17) is 4.74 Å². The van der Waals surface area contributed by atoms with Crippen LogP contribution >= 0.6 is 11.3 Å². The fraction of sp³-hybridized carbons (Fsp3) is 0.263. The Morgan fingerprint density at radius 1 is 1.08 bits per heavy atom. The van der Waals surface area contributed by atoms with Crippen LogP contribution in [0.1, 0.15) is 10.5 Å². The number of rotatable bonds is 4. The van der Waals surface area contributed by atoms with Crippen LogP contribution in [0, 0.1) is 0 Å². The van der Waals surface area contributed by atoms with Gasteiger partial charge in [-0.2, -0.15) is 0 Å². The van der Waals surface area contributed by atoms with Crippen LogP contribution in [0.3, 0.4) is 0 Å². The number of benzene rings is 1. The van der Waals surface area contributed by atoms with Gasteiger partial charge in [0.2, 0.25) is 0 Å². The maximum absolute atomic E-state index is 12.7. The Balaban J connectivity index is 1.39. The van der Waals surface area contributed by atoms with E-state index >= 15 is 0 Å². The third-order valence-corrected chi connectivity index (χ3v) is 5.39. The summed E-state index contributed by atoms with van der Waals surface area (Å²) in [6, 6.07) is 11.9. The summed E-state index contributed by atoms with van der Waals surface area (Å²) in [5, 5.41) is 2.66. The van der Waals surface area contributed by atoms with Gasteiger partial charge in [-0.3, -0.25) is 4.79 Å². The molecule has 7 heteroatoms. The molecule has 0 radical (unpaired) electrons. The molecule has 0 spiro atoms. The predicted molar refractivity (Wildman–Crippen MR) is 103 cm³/mol. The molecule has 0 unspecified atom stereocenters. The van der Waals surface area contributed by atoms with Gasteiger partial charge in [0.1, 0.15) is 11.4 Å². The van der Waals surface area contributed by atoms with E-state index in [-0.39, 0.29) is 5.91 Å². The van der Waals surface area contributed by atoms with Crippen LogP contribution in [0.2, 0.25) is 0 Å². The van der Waals surface area contributed by atoms with Gasteiger partial charge in [0.15, 0.2) is 5.13 Å². The Hall–Kier alpha value is -2.80. The van der Waals surface area contributed by atoms with Crippen molar-refractivity contribution in [3.8, 4) is 10.9 Å². The van der Waals surface area contributed by atoms with Gasteiger partial charge in [0.05, 0.1) is 7.11 Å². The number of aromatic nitrogens is 2. The number of anilines is 1. The minimum Gasteiger partial charge on any atom is -0.497 e. The summed E-state index contributed by atoms with van der Waals surface area (Å²) < 4.78 is 7.12. The second-order valence-corrected chi connectivity index (χ2v) is 6.92. The predicted octanol–water partition coefficient (Wildman–Crippen LogP) is 2.90. The Kier molecular flexibility index (Phi) is 4.62. The lowest BCUT2D eigenvalue weighted by Gasteiger charge is -2.35. The fourth-order valence-electron chi connectivity index (χ4n) is 3.07. The molecule has 0 N–H and O–H groups in total. The number of carbonyl (C=O) groups is 1. The first kappa shape index (κ1) is 16.7. The first-order valence-electron chi connectivity index (χ1n) is 8.52. The molecule has 1 fully saturated rings. The van der Waals surface area contributed by atoms with Gasteiger partial charge in [-0.25, -0.2) is 4.98 Å². The highest BCUT2D eigenvalue weighted by Gasteiger charge is 2.24. The second-order valence-electron chi connectivity index (χ2n) is 6.08. The van der Waals surface area contributed by atoms with E-state index in [1.807, 2.05) is 51.5 Å². The third-order valence-electron chi connectivity index (χ3n) is 4.54. The van der Waals surface area contributed by atoms with Crippen LogP contribution in [0.25, 0.3) is 5.13 Å². The van der Waals surface area contributed by atoms with Gasteiger partial charge in [-0.1, -0.05) is 0 Å². The van der Waals surface area contributed by atoms with Crippen molar-refractivity contribution in [2.24, 2.45) is 0 Å². The number of thiazole rings is 1. The van der Waals surface area contributed by atoms with Gasteiger partial charge in [0.25, 0.3) is 5.91 Å². The molecule has 1 saturated heterocycles. The van der Waals surface area contributed by atoms with Crippen molar-refractivity contribution in [2.75, 3.05) is 38.2 Å². The molecule has 3 aromatic rings. The first-order chi connectivity index (χ1) is 12.7. The molecule has 1 aliphatic rings. The van der Waals surface area contributed by atoms with Crippen molar-refractivity contribution < 1.29 is 9.53 Å². The number of nitrogens with zero attached hydrogens (tertiary/aromatic N) is 4. The summed E-state index contributed by atoms with van der Waals surface area (Å²) >= 11 is 1.48. The average molecular weight is 368 g/mol. The molecule has 0 bridgehead atoms. The maximum atomic E-state index is 12.7. The van der Waals surface area contributed by atoms with E-state index < -0.39 is 0 Å². The van der Waals surface area contributed by atoms with Crippen molar-refractivity contribution >= 4 is 22.9 Å². The molecule has 4 rings (SSSR count). The third kappa shape index (κ3) is 3.30. The normalized spacial score (nSPS) is 14.5. The highest BCUT2D eigenvalue weighted by Crippen LogP contribution is 2.22. The molecule has 0 aliphatic carbocycles. The SMILES string of the molecule is COc1ccc(N2CCN(C(=O)c3csc(-n4cccc4)n3)CC2)cc1. The topological polar surface area (TPSA) is 50.6 Å². The highest BCUT2D eigenvalue weighted by atomic mass is 32.1. The van der Waals surface area contributed by atoms with E-state index in [0.717, 1.165) is 29.7 Å². The molecule has 0 saturated carbocycles. The zero-order valence-corrected chi connectivity index (χ0v) is 15.4. The van der Waals surface area contributed by atoms with Crippen LogP contribution in [0.15, 0.2) is 54.2 Å². The van der Waals surface area contributed by atoms with Crippen LogP contribution in [0.4, 0.5) is 5.69 Å². The summed E-state index contributed by atoms with van der Waals surface area (Å²) in [6.45, 7) is 3.02. The molecule has 2 aromatic heterocycles. The van der Waals surface area contributed by atoms with Crippen molar-refractivity contribution in [3.63, 3.8) is 0 Å². The van der Waals surface area contributed by atoms with Crippen molar-refractivity contribution in [3.05, 3.63) is 59.9 Å². The quantitative estimate of drug-likeness (QED) is 0.711. The average Bonchev–Trinajstić information content (AvgIpc) is 3.39. The van der Waals surface area contributed by atoms with Crippen molar-refractivity contribution in [1.29, 1.82) is 0 Å². The summed E-state index contributed by atoms with van der Waals surface area (Å²) in [4.78, 5) is 21.4. The molecule has 1 amide bonds. The number of hydrogen-bond acceptors (Lipinski definition) is 5. The van der Waals surface area contributed by atoms with E-state index in [1.54, 1.807) is 7.11 Å². The van der Waals surface area contributed by atoms with Crippen LogP contribution in [0.5, 0.6) is 5.75 Å². The largest absolute Gasteiger partial charge is 0.497 e. The zero-order chi connectivity index (χ0) is 17.9. The molecular formula is C19H20N4O2S. The molecule has 3 heterocycles. The smallest absolute Gasteiger partial charge is 0.273 e. The minimum atomic E-state index is 0.00837. The molecular weight excluding hydrogens is 348 g/mol. The van der Waals surface area contributed by atoms with Gasteiger partial charge in [0, 0.05) is 49.6 Å². The standard InChI is InChI=1S/C19H20N4O2S/c1-25-16-6-4-15(5-7-16)21-10-12-22(13-11-21)18(24)17-14-26-19(20-17)23-8-2-3-9-23/h2-9,14H,10-13H2,1H3. The Bertz CT molecular complexity index is 865. The summed E-state index contributed by atoms with van der Waals surface area (Å²) in [7, 11) is 1.67. The zero-order valence-electron chi connectivity index (χ0n) is 14.5. The van der Waals surface area contributed by atoms with Gasteiger partial charge in [-0.15, -0.1) is 11.3 Å². The number of carbonyl (C=O) groups excluding carboxylic acids is 1. The minimum absolute atomic E-state index is 0.00837. The van der Waals surface area contributed by atoms with Gasteiger partial charge in [-0.05, 0) is 36.4 Å². The number of methoxy groups -OCH3 is 1. The molecule has 0 atom stereocenters. The molecule has 1 aliphatic heterocycles. The number of hydrogen-bond donors (Lipinski definition) is 0. The van der Waals surface area contributed by atoms with Crippen molar-refractivity contribution in [2.45, 2.75) is 0 Å². The lowest BCUT2D eigenvalue weighted by Crippen LogP contribution is -2.48. The Labute approximate surface area is 156 Å². The summed E-state index contributed by atoms with van der Waals surface area (Å²) in [5.41, 5.74) is 1.68. The van der Waals surface area contributed by atoms with Crippen LogP contribution < -0.4 is 9.64 Å². The number of ether oxygens (including phenoxy) is 1. The fourth-order valence-corrected chi connectivity index (χ4v) is 3.83. The molecule has 1 aromatic carbocycles. The number of amides is 1. The van der Waals surface area contributed by atoms with E-state index in [0.29, 0.717) is 18.8 Å². The van der Waals surface area contributed by atoms with Gasteiger partial charge >= 0.3 is 0 Å². The van der Waals surface area contributed by atoms with E-state index in [1.165, 1.54) is 11.3 Å². The lowest BCUT2D eigenvalue weighted by molar-refractivity contribution is 0.0741. The maximum Gasteiger partial charge on any atom is 0.273 e. The van der Waals surface area contributed by atoms with Crippen LogP contribution in [-0.4, -0.2) is 53.6 Å². The highest BCUT2D eigenvalue weighted by molar-refractivity contribution is 7.12. The molecule has 6 nitrogen and oxygen atoms in total. The Morgan fingerprint density at radius 2 is 1.77 bits per heavy atom. The van der Waals surface area contributed by atoms with E-state index in [2.05, 4.69) is 22.0 Å². The second kappa shape index (κ2) is 7.21. The molecule has 26 heavy (non-hydrogen) atoms. The summed E-state index contributed by atoms with van der Waals surface area (Å²) in [6.07, 6.45) is 3.86. The van der Waals surface area contributed by atoms with E-state index in [9.17, 15) is 4.79 Å². The lowest BCUT2D eigenvalue weighted by atomic mass is 10.2. The van der Waals surface area contributed by atoms with Gasteiger partial charge < -0.3 is 19.1 Å².